The molecule has 7 heteroatoms. The Bertz CT molecular complexity index is 607. The van der Waals surface area contributed by atoms with Gasteiger partial charge in [-0.1, -0.05) is 0 Å². The Balaban J connectivity index is 2.11. The first-order valence-corrected chi connectivity index (χ1v) is 5.13. The maximum Gasteiger partial charge on any atom is 0.363 e. The topological polar surface area (TPSA) is 110 Å². The van der Waals surface area contributed by atoms with Crippen LogP contribution in [0.5, 0.6) is 11.5 Å². The molecule has 1 heterocycles. The van der Waals surface area contributed by atoms with Crippen molar-refractivity contribution in [2.45, 2.75) is 0 Å². The molecule has 1 aromatic carbocycles. The van der Waals surface area contributed by atoms with Gasteiger partial charge in [0.05, 0.1) is 12.4 Å². The minimum atomic E-state index is -1.23. The van der Waals surface area contributed by atoms with E-state index in [1.165, 1.54) is 24.3 Å². The van der Waals surface area contributed by atoms with E-state index in [1.54, 1.807) is 0 Å². The average Bonchev–Trinajstić information content (AvgIpc) is 2.41. The first-order chi connectivity index (χ1) is 9.06. The van der Waals surface area contributed by atoms with E-state index in [4.69, 9.17) is 14.9 Å². The molecule has 0 spiro atoms. The number of benzene rings is 1. The molecule has 0 saturated heterocycles. The van der Waals surface area contributed by atoms with E-state index in [2.05, 4.69) is 9.97 Å². The Hall–Kier alpha value is -2.96. The van der Waals surface area contributed by atoms with Crippen LogP contribution >= 0.6 is 0 Å². The third kappa shape index (κ3) is 3.03. The van der Waals surface area contributed by atoms with Crippen LogP contribution in [0.4, 0.5) is 0 Å². The van der Waals surface area contributed by atoms with Gasteiger partial charge in [0, 0.05) is 0 Å². The molecule has 96 valence electrons. The maximum atomic E-state index is 11.6. The smallest absolute Gasteiger partial charge is 0.363 e. The van der Waals surface area contributed by atoms with Gasteiger partial charge >= 0.3 is 11.9 Å². The number of hydrogen-bond acceptors (Lipinski definition) is 6. The minimum absolute atomic E-state index is 0.0467. The third-order valence-corrected chi connectivity index (χ3v) is 2.13. The van der Waals surface area contributed by atoms with Gasteiger partial charge < -0.3 is 14.9 Å². The summed E-state index contributed by atoms with van der Waals surface area (Å²) in [4.78, 5) is 29.4. The van der Waals surface area contributed by atoms with Crippen LogP contribution in [0, 0.1) is 0 Å². The summed E-state index contributed by atoms with van der Waals surface area (Å²) in [5, 5.41) is 17.7. The van der Waals surface area contributed by atoms with Crippen molar-refractivity contribution in [1.29, 1.82) is 0 Å². The molecular formula is C12H8N2O5. The fourth-order valence-electron chi connectivity index (χ4n) is 1.22. The van der Waals surface area contributed by atoms with Crippen molar-refractivity contribution in [3.8, 4) is 11.5 Å². The molecule has 0 radical (unpaired) electrons. The van der Waals surface area contributed by atoms with Crippen LogP contribution in [-0.2, 0) is 0 Å². The van der Waals surface area contributed by atoms with Gasteiger partial charge in [0.2, 0.25) is 0 Å². The van der Waals surface area contributed by atoms with Crippen molar-refractivity contribution in [2.24, 2.45) is 0 Å². The fraction of sp³-hybridized carbons (Fsp3) is 0. The number of carbonyl (C=O) groups is 2. The van der Waals surface area contributed by atoms with Crippen LogP contribution < -0.4 is 4.74 Å². The van der Waals surface area contributed by atoms with Gasteiger partial charge in [-0.2, -0.15) is 0 Å². The number of aromatic hydroxyl groups is 1. The second-order valence-corrected chi connectivity index (χ2v) is 3.48. The molecule has 1 aromatic heterocycles. The monoisotopic (exact) mass is 260 g/mol. The Morgan fingerprint density at radius 1 is 1.00 bits per heavy atom. The summed E-state index contributed by atoms with van der Waals surface area (Å²) < 4.78 is 4.96. The van der Waals surface area contributed by atoms with Gasteiger partial charge in [-0.3, -0.25) is 0 Å². The first kappa shape index (κ1) is 12.5. The number of carboxylic acid groups (broad SMARTS) is 1. The Morgan fingerprint density at radius 3 is 2.11 bits per heavy atom. The standard InChI is InChI=1S/C12H8N2O5/c15-7-1-3-8(4-2-7)19-12(18)10-6-13-9(5-14-10)11(16)17/h1-6,15H,(H,16,17). The molecule has 0 aliphatic heterocycles. The molecular weight excluding hydrogens is 252 g/mol. The van der Waals surface area contributed by atoms with Gasteiger partial charge in [0.1, 0.15) is 11.5 Å². The first-order valence-electron chi connectivity index (χ1n) is 5.13. The summed E-state index contributed by atoms with van der Waals surface area (Å²) in [5.74, 6) is -1.72. The normalized spacial score (nSPS) is 9.89. The summed E-state index contributed by atoms with van der Waals surface area (Å²) in [5.41, 5.74) is -0.376. The number of hydrogen-bond donors (Lipinski definition) is 2. The second-order valence-electron chi connectivity index (χ2n) is 3.48. The quantitative estimate of drug-likeness (QED) is 0.628. The number of nitrogens with zero attached hydrogens (tertiary/aromatic N) is 2. The van der Waals surface area contributed by atoms with Crippen LogP contribution in [0.1, 0.15) is 21.0 Å². The van der Waals surface area contributed by atoms with Crippen LogP contribution in [-0.4, -0.2) is 32.1 Å². The van der Waals surface area contributed by atoms with Crippen molar-refractivity contribution >= 4 is 11.9 Å². The SMILES string of the molecule is O=C(O)c1cnc(C(=O)Oc2ccc(O)cc2)cn1. The van der Waals surface area contributed by atoms with E-state index >= 15 is 0 Å². The highest BCUT2D eigenvalue weighted by Gasteiger charge is 2.12. The van der Waals surface area contributed by atoms with E-state index in [0.717, 1.165) is 12.4 Å². The summed E-state index contributed by atoms with van der Waals surface area (Å²) >= 11 is 0. The lowest BCUT2D eigenvalue weighted by Crippen LogP contribution is -2.12. The van der Waals surface area contributed by atoms with Crippen LogP contribution in [0.15, 0.2) is 36.7 Å². The van der Waals surface area contributed by atoms with Crippen molar-refractivity contribution in [1.82, 2.24) is 9.97 Å². The fourth-order valence-corrected chi connectivity index (χ4v) is 1.22. The molecule has 2 rings (SSSR count). The number of aromatic nitrogens is 2. The summed E-state index contributed by atoms with van der Waals surface area (Å²) in [6.45, 7) is 0. The lowest BCUT2D eigenvalue weighted by Gasteiger charge is -2.03. The molecule has 7 nitrogen and oxygen atoms in total. The van der Waals surface area contributed by atoms with Crippen LogP contribution in [0.25, 0.3) is 0 Å². The summed E-state index contributed by atoms with van der Waals surface area (Å²) in [6.07, 6.45) is 1.99. The number of ether oxygens (including phenoxy) is 1. The molecule has 0 aliphatic rings. The number of carboxylic acids is 1. The molecule has 0 fully saturated rings. The number of rotatable bonds is 3. The summed E-state index contributed by atoms with van der Waals surface area (Å²) in [6, 6.07) is 5.54. The largest absolute Gasteiger partial charge is 0.508 e. The van der Waals surface area contributed by atoms with Crippen LogP contribution in [0.3, 0.4) is 0 Å². The van der Waals surface area contributed by atoms with Gasteiger partial charge in [-0.25, -0.2) is 19.6 Å². The highest BCUT2D eigenvalue weighted by Crippen LogP contribution is 2.16. The minimum Gasteiger partial charge on any atom is -0.508 e. The summed E-state index contributed by atoms with van der Waals surface area (Å²) in [7, 11) is 0. The number of carbonyl (C=O) groups excluding carboxylic acids is 1. The van der Waals surface area contributed by atoms with E-state index in [1.807, 2.05) is 0 Å². The Labute approximate surface area is 107 Å². The van der Waals surface area contributed by atoms with Gasteiger partial charge in [0.15, 0.2) is 11.4 Å². The maximum absolute atomic E-state index is 11.6. The van der Waals surface area contributed by atoms with E-state index in [9.17, 15) is 9.59 Å². The van der Waals surface area contributed by atoms with Gasteiger partial charge in [-0.05, 0) is 24.3 Å². The molecule has 19 heavy (non-hydrogen) atoms. The van der Waals surface area contributed by atoms with Crippen molar-refractivity contribution in [2.75, 3.05) is 0 Å². The lowest BCUT2D eigenvalue weighted by atomic mass is 10.3. The predicted molar refractivity (Wildman–Crippen MR) is 62.1 cm³/mol. The number of phenols is 1. The molecule has 2 aromatic rings. The van der Waals surface area contributed by atoms with E-state index in [0.29, 0.717) is 0 Å². The molecule has 2 N–H and O–H groups in total. The van der Waals surface area contributed by atoms with Crippen molar-refractivity contribution < 1.29 is 24.5 Å². The van der Waals surface area contributed by atoms with E-state index in [-0.39, 0.29) is 22.9 Å². The second kappa shape index (κ2) is 5.13. The number of esters is 1. The molecule has 0 saturated carbocycles. The Morgan fingerprint density at radius 2 is 1.58 bits per heavy atom. The molecule has 0 amide bonds. The highest BCUT2D eigenvalue weighted by atomic mass is 16.5. The van der Waals surface area contributed by atoms with Crippen molar-refractivity contribution in [3.63, 3.8) is 0 Å². The lowest BCUT2D eigenvalue weighted by molar-refractivity contribution is 0.0682. The van der Waals surface area contributed by atoms with Crippen molar-refractivity contribution in [3.05, 3.63) is 48.0 Å². The van der Waals surface area contributed by atoms with Crippen LogP contribution in [0.2, 0.25) is 0 Å². The number of aromatic carboxylic acids is 1. The predicted octanol–water partition coefficient (Wildman–Crippen LogP) is 1.10. The molecule has 0 aliphatic carbocycles. The zero-order valence-electron chi connectivity index (χ0n) is 9.48. The zero-order chi connectivity index (χ0) is 13.8. The average molecular weight is 260 g/mol. The molecule has 0 unspecified atom stereocenters. The number of phenolic OH excluding ortho intramolecular Hbond substituents is 1. The van der Waals surface area contributed by atoms with E-state index < -0.39 is 11.9 Å². The Kier molecular flexibility index (Phi) is 3.37. The highest BCUT2D eigenvalue weighted by molar-refractivity contribution is 5.90. The molecule has 0 atom stereocenters. The van der Waals surface area contributed by atoms with Gasteiger partial charge in [-0.15, -0.1) is 0 Å². The third-order valence-electron chi connectivity index (χ3n) is 2.13. The zero-order valence-corrected chi connectivity index (χ0v) is 9.48. The van der Waals surface area contributed by atoms with Gasteiger partial charge in [0.25, 0.3) is 0 Å². The molecule has 0 bridgehead atoms.